The molecule has 0 saturated heterocycles. The largest absolute Gasteiger partial charge is 0.331 e. The smallest absolute Gasteiger partial charge is 0.239 e. The molecule has 0 radical (unpaired) electrons. The number of carbonyl (C=O) groups excluding carboxylic acids is 2. The van der Waals surface area contributed by atoms with E-state index < -0.39 is 6.04 Å². The number of ketones is 1. The second-order valence-electron chi connectivity index (χ2n) is 4.11. The van der Waals surface area contributed by atoms with Gasteiger partial charge in [0, 0.05) is 17.6 Å². The number of carbonyl (C=O) groups is 2. The zero-order valence-corrected chi connectivity index (χ0v) is 11.0. The van der Waals surface area contributed by atoms with E-state index >= 15 is 0 Å². The third-order valence-corrected chi connectivity index (χ3v) is 3.09. The molecule has 1 aromatic heterocycles. The monoisotopic (exact) mass is 255 g/mol. The molecule has 1 unspecified atom stereocenters. The summed E-state index contributed by atoms with van der Waals surface area (Å²) in [4.78, 5) is 29.1. The average molecular weight is 255 g/mol. The van der Waals surface area contributed by atoms with Crippen molar-refractivity contribution in [2.24, 2.45) is 5.73 Å². The molecule has 17 heavy (non-hydrogen) atoms. The number of thiazole rings is 1. The molecule has 0 aromatic carbocycles. The van der Waals surface area contributed by atoms with Gasteiger partial charge in [-0.2, -0.15) is 0 Å². The van der Waals surface area contributed by atoms with E-state index in [1.165, 1.54) is 16.2 Å². The first-order valence-corrected chi connectivity index (χ1v) is 6.30. The third-order valence-electron chi connectivity index (χ3n) is 2.28. The first-order chi connectivity index (χ1) is 7.93. The van der Waals surface area contributed by atoms with Crippen molar-refractivity contribution in [2.75, 3.05) is 6.54 Å². The minimum absolute atomic E-state index is 0.0333. The third kappa shape index (κ3) is 3.61. The van der Waals surface area contributed by atoms with Gasteiger partial charge >= 0.3 is 0 Å². The van der Waals surface area contributed by atoms with E-state index in [1.807, 2.05) is 13.8 Å². The molecule has 1 rings (SSSR count). The maximum absolute atomic E-state index is 11.9. The van der Waals surface area contributed by atoms with Gasteiger partial charge in [0.15, 0.2) is 5.01 Å². The molecule has 1 amide bonds. The summed E-state index contributed by atoms with van der Waals surface area (Å²) >= 11 is 1.27. The molecule has 6 heteroatoms. The van der Waals surface area contributed by atoms with Crippen LogP contribution in [0.2, 0.25) is 0 Å². The van der Waals surface area contributed by atoms with Crippen molar-refractivity contribution in [1.82, 2.24) is 9.88 Å². The SMILES string of the molecule is CC(N)C(=O)N(CC(=O)c1nccs1)C(C)C. The number of Topliss-reactive ketones (excluding diaryl/α,β-unsaturated/α-hetero) is 1. The summed E-state index contributed by atoms with van der Waals surface area (Å²) in [6.07, 6.45) is 1.57. The standard InChI is InChI=1S/C11H17N3O2S/c1-7(2)14(11(16)8(3)12)6-9(15)10-13-4-5-17-10/h4-5,7-8H,6,12H2,1-3H3. The van der Waals surface area contributed by atoms with Crippen LogP contribution in [0.1, 0.15) is 30.6 Å². The quantitative estimate of drug-likeness (QED) is 0.793. The molecule has 0 bridgehead atoms. The van der Waals surface area contributed by atoms with E-state index in [0.29, 0.717) is 5.01 Å². The summed E-state index contributed by atoms with van der Waals surface area (Å²) in [5.74, 6) is -0.368. The van der Waals surface area contributed by atoms with Crippen LogP contribution in [-0.4, -0.2) is 40.2 Å². The number of hydrogen-bond donors (Lipinski definition) is 1. The highest BCUT2D eigenvalue weighted by atomic mass is 32.1. The first kappa shape index (κ1) is 13.8. The van der Waals surface area contributed by atoms with E-state index in [9.17, 15) is 9.59 Å². The van der Waals surface area contributed by atoms with Crippen molar-refractivity contribution >= 4 is 23.0 Å². The van der Waals surface area contributed by atoms with Crippen LogP contribution in [0.15, 0.2) is 11.6 Å². The van der Waals surface area contributed by atoms with Crippen LogP contribution in [0.3, 0.4) is 0 Å². The molecule has 0 aliphatic heterocycles. The van der Waals surface area contributed by atoms with Gasteiger partial charge in [0.2, 0.25) is 11.7 Å². The lowest BCUT2D eigenvalue weighted by Gasteiger charge is -2.27. The first-order valence-electron chi connectivity index (χ1n) is 5.42. The number of nitrogens with zero attached hydrogens (tertiary/aromatic N) is 2. The Morgan fingerprint density at radius 1 is 1.47 bits per heavy atom. The highest BCUT2D eigenvalue weighted by Crippen LogP contribution is 2.08. The van der Waals surface area contributed by atoms with Gasteiger partial charge in [-0.1, -0.05) is 0 Å². The maximum Gasteiger partial charge on any atom is 0.239 e. The summed E-state index contributed by atoms with van der Waals surface area (Å²) in [5.41, 5.74) is 5.55. The zero-order chi connectivity index (χ0) is 13.0. The maximum atomic E-state index is 11.9. The molecule has 0 fully saturated rings. The van der Waals surface area contributed by atoms with Gasteiger partial charge in [-0.15, -0.1) is 11.3 Å². The fraction of sp³-hybridized carbons (Fsp3) is 0.545. The van der Waals surface area contributed by atoms with Crippen LogP contribution in [0.4, 0.5) is 0 Å². The lowest BCUT2D eigenvalue weighted by atomic mass is 10.2. The summed E-state index contributed by atoms with van der Waals surface area (Å²) in [7, 11) is 0. The van der Waals surface area contributed by atoms with E-state index in [0.717, 1.165) is 0 Å². The Bertz CT molecular complexity index is 387. The minimum Gasteiger partial charge on any atom is -0.331 e. The Labute approximate surface area is 105 Å². The van der Waals surface area contributed by atoms with Crippen molar-refractivity contribution in [3.05, 3.63) is 16.6 Å². The molecule has 0 spiro atoms. The van der Waals surface area contributed by atoms with Crippen molar-refractivity contribution in [1.29, 1.82) is 0 Å². The molecule has 1 heterocycles. The van der Waals surface area contributed by atoms with E-state index in [-0.39, 0.29) is 24.3 Å². The molecule has 0 saturated carbocycles. The van der Waals surface area contributed by atoms with Gasteiger partial charge in [0.1, 0.15) is 0 Å². The highest BCUT2D eigenvalue weighted by Gasteiger charge is 2.23. The predicted octanol–water partition coefficient (Wildman–Crippen LogP) is 0.910. The molecule has 0 aliphatic rings. The number of hydrogen-bond acceptors (Lipinski definition) is 5. The van der Waals surface area contributed by atoms with Crippen molar-refractivity contribution < 1.29 is 9.59 Å². The zero-order valence-electron chi connectivity index (χ0n) is 10.2. The normalized spacial score (nSPS) is 12.5. The summed E-state index contributed by atoms with van der Waals surface area (Å²) < 4.78 is 0. The fourth-order valence-corrected chi connectivity index (χ4v) is 1.93. The molecular formula is C11H17N3O2S. The Balaban J connectivity index is 2.74. The van der Waals surface area contributed by atoms with Crippen molar-refractivity contribution in [3.8, 4) is 0 Å². The summed E-state index contributed by atoms with van der Waals surface area (Å²) in [6, 6.07) is -0.654. The second-order valence-corrected chi connectivity index (χ2v) is 5.00. The number of aromatic nitrogens is 1. The van der Waals surface area contributed by atoms with Crippen LogP contribution >= 0.6 is 11.3 Å². The molecule has 5 nitrogen and oxygen atoms in total. The number of nitrogens with two attached hydrogens (primary N) is 1. The Morgan fingerprint density at radius 2 is 2.12 bits per heavy atom. The number of amides is 1. The summed E-state index contributed by atoms with van der Waals surface area (Å²) in [5, 5.41) is 2.16. The van der Waals surface area contributed by atoms with E-state index in [2.05, 4.69) is 4.98 Å². The molecule has 1 aromatic rings. The Morgan fingerprint density at radius 3 is 2.53 bits per heavy atom. The topological polar surface area (TPSA) is 76.3 Å². The summed E-state index contributed by atoms with van der Waals surface area (Å²) in [6.45, 7) is 5.36. The van der Waals surface area contributed by atoms with Crippen LogP contribution in [0, 0.1) is 0 Å². The predicted molar refractivity (Wildman–Crippen MR) is 66.9 cm³/mol. The van der Waals surface area contributed by atoms with Gasteiger partial charge in [-0.25, -0.2) is 4.98 Å². The van der Waals surface area contributed by atoms with Crippen LogP contribution in [0.5, 0.6) is 0 Å². The van der Waals surface area contributed by atoms with Gasteiger partial charge in [-0.3, -0.25) is 9.59 Å². The van der Waals surface area contributed by atoms with Crippen molar-refractivity contribution in [2.45, 2.75) is 32.9 Å². The van der Waals surface area contributed by atoms with Gasteiger partial charge in [-0.05, 0) is 20.8 Å². The molecular weight excluding hydrogens is 238 g/mol. The average Bonchev–Trinajstić information content (AvgIpc) is 2.77. The van der Waals surface area contributed by atoms with Crippen LogP contribution in [-0.2, 0) is 4.79 Å². The van der Waals surface area contributed by atoms with E-state index in [4.69, 9.17) is 5.73 Å². The lowest BCUT2D eigenvalue weighted by Crippen LogP contribution is -2.47. The van der Waals surface area contributed by atoms with Gasteiger partial charge in [0.05, 0.1) is 12.6 Å². The lowest BCUT2D eigenvalue weighted by molar-refractivity contribution is -0.133. The molecule has 94 valence electrons. The van der Waals surface area contributed by atoms with Crippen LogP contribution < -0.4 is 5.73 Å². The molecule has 0 aliphatic carbocycles. The molecule has 2 N–H and O–H groups in total. The number of rotatable bonds is 5. The van der Waals surface area contributed by atoms with E-state index in [1.54, 1.807) is 18.5 Å². The fourth-order valence-electron chi connectivity index (χ4n) is 1.36. The highest BCUT2D eigenvalue weighted by molar-refractivity contribution is 7.11. The van der Waals surface area contributed by atoms with Gasteiger partial charge < -0.3 is 10.6 Å². The molecule has 1 atom stereocenters. The Hall–Kier alpha value is -1.27. The minimum atomic E-state index is -0.596. The Kier molecular flexibility index (Phi) is 4.77. The van der Waals surface area contributed by atoms with Gasteiger partial charge in [0.25, 0.3) is 0 Å². The van der Waals surface area contributed by atoms with Crippen molar-refractivity contribution in [3.63, 3.8) is 0 Å². The second kappa shape index (κ2) is 5.88. The van der Waals surface area contributed by atoms with Crippen LogP contribution in [0.25, 0.3) is 0 Å².